The molecule has 1 amide bonds. The summed E-state index contributed by atoms with van der Waals surface area (Å²) in [5, 5.41) is 3.27. The van der Waals surface area contributed by atoms with Gasteiger partial charge < -0.3 is 15.8 Å². The molecule has 1 saturated carbocycles. The number of hydrogen-bond acceptors (Lipinski definition) is 3. The van der Waals surface area contributed by atoms with E-state index in [2.05, 4.69) is 26.1 Å². The molecule has 3 N–H and O–H groups in total. The second-order valence-corrected chi connectivity index (χ2v) is 7.17. The first-order valence-electron chi connectivity index (χ1n) is 8.10. The van der Waals surface area contributed by atoms with Gasteiger partial charge in [-0.15, -0.1) is 0 Å². The van der Waals surface area contributed by atoms with Gasteiger partial charge in [0.25, 0.3) is 0 Å². The molecule has 0 bridgehead atoms. The summed E-state index contributed by atoms with van der Waals surface area (Å²) in [5.74, 6) is 1.92. The van der Waals surface area contributed by atoms with Crippen LogP contribution in [0.4, 0.5) is 0 Å². The Kier molecular flexibility index (Phi) is 5.08. The highest BCUT2D eigenvalue weighted by molar-refractivity contribution is 5.86. The molecule has 2 rings (SSSR count). The molecule has 2 aliphatic rings. The van der Waals surface area contributed by atoms with Crippen LogP contribution in [0.1, 0.15) is 52.9 Å². The number of nitrogens with one attached hydrogen (secondary N) is 1. The van der Waals surface area contributed by atoms with Crippen molar-refractivity contribution in [3.8, 4) is 0 Å². The molecule has 2 fully saturated rings. The SMILES string of the molecule is CC1CCC(C(C)C)C(NC(=O)C2(N)CCOCC2)C1. The Morgan fingerprint density at radius 2 is 1.95 bits per heavy atom. The molecule has 20 heavy (non-hydrogen) atoms. The normalized spacial score (nSPS) is 34.0. The van der Waals surface area contributed by atoms with E-state index in [1.54, 1.807) is 0 Å². The number of hydrogen-bond donors (Lipinski definition) is 2. The average molecular weight is 282 g/mol. The molecule has 0 aromatic heterocycles. The number of carbonyl (C=O) groups is 1. The van der Waals surface area contributed by atoms with Crippen LogP contribution in [0.3, 0.4) is 0 Å². The van der Waals surface area contributed by atoms with E-state index < -0.39 is 5.54 Å². The number of amides is 1. The second-order valence-electron chi connectivity index (χ2n) is 7.17. The molecule has 1 aliphatic heterocycles. The Morgan fingerprint density at radius 3 is 2.55 bits per heavy atom. The van der Waals surface area contributed by atoms with E-state index in [0.29, 0.717) is 43.8 Å². The Balaban J connectivity index is 2.00. The van der Waals surface area contributed by atoms with Crippen LogP contribution < -0.4 is 11.1 Å². The van der Waals surface area contributed by atoms with Gasteiger partial charge in [0.1, 0.15) is 0 Å². The summed E-state index contributed by atoms with van der Waals surface area (Å²) in [7, 11) is 0. The van der Waals surface area contributed by atoms with Crippen molar-refractivity contribution in [2.45, 2.75) is 64.5 Å². The van der Waals surface area contributed by atoms with E-state index in [-0.39, 0.29) is 11.9 Å². The Labute approximate surface area is 122 Å². The summed E-state index contributed by atoms with van der Waals surface area (Å²) in [6.07, 6.45) is 4.84. The molecule has 4 heteroatoms. The summed E-state index contributed by atoms with van der Waals surface area (Å²) >= 11 is 0. The average Bonchev–Trinajstić information content (AvgIpc) is 2.39. The number of rotatable bonds is 3. The van der Waals surface area contributed by atoms with Crippen molar-refractivity contribution in [1.82, 2.24) is 5.32 Å². The molecule has 0 spiro atoms. The van der Waals surface area contributed by atoms with Crippen molar-refractivity contribution >= 4 is 5.91 Å². The molecule has 0 radical (unpaired) electrons. The predicted octanol–water partition coefficient (Wildman–Crippen LogP) is 2.07. The number of nitrogens with two attached hydrogens (primary N) is 1. The maximum Gasteiger partial charge on any atom is 0.240 e. The van der Waals surface area contributed by atoms with Crippen LogP contribution in [0.15, 0.2) is 0 Å². The minimum atomic E-state index is -0.722. The van der Waals surface area contributed by atoms with Crippen LogP contribution in [0.5, 0.6) is 0 Å². The van der Waals surface area contributed by atoms with Crippen molar-refractivity contribution < 1.29 is 9.53 Å². The van der Waals surface area contributed by atoms with Gasteiger partial charge in [-0.25, -0.2) is 0 Å². The minimum Gasteiger partial charge on any atom is -0.381 e. The van der Waals surface area contributed by atoms with E-state index in [4.69, 9.17) is 10.5 Å². The van der Waals surface area contributed by atoms with Gasteiger partial charge in [0.05, 0.1) is 5.54 Å². The monoisotopic (exact) mass is 282 g/mol. The maximum atomic E-state index is 12.6. The van der Waals surface area contributed by atoms with Crippen molar-refractivity contribution in [1.29, 1.82) is 0 Å². The third-order valence-electron chi connectivity index (χ3n) is 5.18. The van der Waals surface area contributed by atoms with Crippen molar-refractivity contribution in [2.24, 2.45) is 23.5 Å². The summed E-state index contributed by atoms with van der Waals surface area (Å²) in [6, 6.07) is 0.287. The molecular formula is C16H30N2O2. The maximum absolute atomic E-state index is 12.6. The van der Waals surface area contributed by atoms with Gasteiger partial charge in [0, 0.05) is 19.3 Å². The third-order valence-corrected chi connectivity index (χ3v) is 5.18. The third kappa shape index (κ3) is 3.53. The van der Waals surface area contributed by atoms with Gasteiger partial charge in [-0.1, -0.05) is 27.2 Å². The summed E-state index contributed by atoms with van der Waals surface area (Å²) in [4.78, 5) is 12.6. The van der Waals surface area contributed by atoms with E-state index in [9.17, 15) is 4.79 Å². The fourth-order valence-corrected chi connectivity index (χ4v) is 3.64. The van der Waals surface area contributed by atoms with E-state index in [0.717, 1.165) is 6.42 Å². The first kappa shape index (κ1) is 15.8. The zero-order valence-electron chi connectivity index (χ0n) is 13.2. The minimum absolute atomic E-state index is 0.0329. The molecule has 3 atom stereocenters. The molecule has 0 aromatic rings. The first-order valence-corrected chi connectivity index (χ1v) is 8.10. The molecule has 4 nitrogen and oxygen atoms in total. The topological polar surface area (TPSA) is 64.4 Å². The highest BCUT2D eigenvalue weighted by Crippen LogP contribution is 2.34. The predicted molar refractivity (Wildman–Crippen MR) is 80.2 cm³/mol. The fourth-order valence-electron chi connectivity index (χ4n) is 3.64. The van der Waals surface area contributed by atoms with Gasteiger partial charge >= 0.3 is 0 Å². The van der Waals surface area contributed by atoms with Gasteiger partial charge in [-0.3, -0.25) is 4.79 Å². The van der Waals surface area contributed by atoms with Crippen molar-refractivity contribution in [3.05, 3.63) is 0 Å². The van der Waals surface area contributed by atoms with Crippen LogP contribution in [-0.4, -0.2) is 30.7 Å². The fraction of sp³-hybridized carbons (Fsp3) is 0.938. The molecule has 116 valence electrons. The largest absolute Gasteiger partial charge is 0.381 e. The second kappa shape index (κ2) is 6.44. The van der Waals surface area contributed by atoms with Gasteiger partial charge in [0.2, 0.25) is 5.91 Å². The molecule has 3 unspecified atom stereocenters. The van der Waals surface area contributed by atoms with Crippen LogP contribution in [0.25, 0.3) is 0 Å². The summed E-state index contributed by atoms with van der Waals surface area (Å²) in [6.45, 7) is 7.98. The lowest BCUT2D eigenvalue weighted by molar-refractivity contribution is -0.131. The summed E-state index contributed by atoms with van der Waals surface area (Å²) < 4.78 is 5.32. The quantitative estimate of drug-likeness (QED) is 0.833. The lowest BCUT2D eigenvalue weighted by Gasteiger charge is -2.40. The van der Waals surface area contributed by atoms with Crippen molar-refractivity contribution in [3.63, 3.8) is 0 Å². The van der Waals surface area contributed by atoms with Gasteiger partial charge in [0.15, 0.2) is 0 Å². The Bertz CT molecular complexity index is 337. The van der Waals surface area contributed by atoms with E-state index in [1.807, 2.05) is 0 Å². The molecule has 0 aromatic carbocycles. The zero-order chi connectivity index (χ0) is 14.8. The Morgan fingerprint density at radius 1 is 1.30 bits per heavy atom. The van der Waals surface area contributed by atoms with Gasteiger partial charge in [-0.2, -0.15) is 0 Å². The molecule has 1 saturated heterocycles. The van der Waals surface area contributed by atoms with Crippen LogP contribution >= 0.6 is 0 Å². The van der Waals surface area contributed by atoms with E-state index >= 15 is 0 Å². The van der Waals surface area contributed by atoms with Crippen LogP contribution in [0.2, 0.25) is 0 Å². The lowest BCUT2D eigenvalue weighted by Crippen LogP contribution is -2.60. The summed E-state index contributed by atoms with van der Waals surface area (Å²) in [5.41, 5.74) is 5.56. The smallest absolute Gasteiger partial charge is 0.240 e. The number of ether oxygens (including phenoxy) is 1. The van der Waals surface area contributed by atoms with Crippen LogP contribution in [0, 0.1) is 17.8 Å². The van der Waals surface area contributed by atoms with Crippen molar-refractivity contribution in [2.75, 3.05) is 13.2 Å². The first-order chi connectivity index (χ1) is 9.42. The molecule has 1 heterocycles. The highest BCUT2D eigenvalue weighted by atomic mass is 16.5. The standard InChI is InChI=1S/C16H30N2O2/c1-11(2)13-5-4-12(3)10-14(13)18-15(19)16(17)6-8-20-9-7-16/h11-14H,4-10,17H2,1-3H3,(H,18,19). The van der Waals surface area contributed by atoms with E-state index in [1.165, 1.54) is 12.8 Å². The Hall–Kier alpha value is -0.610. The molecule has 1 aliphatic carbocycles. The lowest BCUT2D eigenvalue weighted by atomic mass is 9.73. The molecular weight excluding hydrogens is 252 g/mol. The van der Waals surface area contributed by atoms with Crippen LogP contribution in [-0.2, 0) is 9.53 Å². The van der Waals surface area contributed by atoms with Gasteiger partial charge in [-0.05, 0) is 43.4 Å². The zero-order valence-corrected chi connectivity index (χ0v) is 13.2. The number of carbonyl (C=O) groups excluding carboxylic acids is 1. The highest BCUT2D eigenvalue weighted by Gasteiger charge is 2.39.